The van der Waals surface area contributed by atoms with Crippen LogP contribution in [0.3, 0.4) is 0 Å². The molecule has 3 aliphatic rings. The van der Waals surface area contributed by atoms with Crippen molar-refractivity contribution in [2.24, 2.45) is 0 Å². The predicted molar refractivity (Wildman–Crippen MR) is 159 cm³/mol. The van der Waals surface area contributed by atoms with E-state index in [2.05, 4.69) is 10.3 Å². The third kappa shape index (κ3) is 5.68. The maximum Gasteiger partial charge on any atom is 0.339 e. The number of carbonyl (C=O) groups excluding carboxylic acids is 2. The minimum absolute atomic E-state index is 0.0315. The second kappa shape index (κ2) is 12.6. The largest absolute Gasteiger partial charge is 0.504 e. The Bertz CT molecular complexity index is 1690. The molecule has 6 rings (SSSR count). The zero-order valence-electron chi connectivity index (χ0n) is 24.4. The van der Waals surface area contributed by atoms with Gasteiger partial charge in [0.25, 0.3) is 5.69 Å². The lowest BCUT2D eigenvalue weighted by atomic mass is 9.84. The molecular weight excluding hydrogens is 630 g/mol. The number of aromatic nitrogens is 1. The van der Waals surface area contributed by atoms with Crippen molar-refractivity contribution < 1.29 is 54.3 Å². The van der Waals surface area contributed by atoms with Gasteiger partial charge in [0.2, 0.25) is 11.7 Å². The van der Waals surface area contributed by atoms with E-state index in [1.54, 1.807) is 0 Å². The minimum atomic E-state index is -1.61. The smallest absolute Gasteiger partial charge is 0.339 e. The number of aliphatic hydroxyl groups excluding tert-OH is 3. The highest BCUT2D eigenvalue weighted by Crippen LogP contribution is 2.52. The molecule has 2 fully saturated rings. The second-order valence-electron chi connectivity index (χ2n) is 11.2. The number of nitrogens with one attached hydrogen (secondary N) is 1. The lowest BCUT2D eigenvalue weighted by molar-refractivity contribution is -0.384. The summed E-state index contributed by atoms with van der Waals surface area (Å²) in [7, 11) is 1.22. The molecule has 246 valence electrons. The fraction of sp³-hybridized carbons (Fsp3) is 0.464. The molecule has 4 heterocycles. The molecule has 18 heteroatoms. The minimum Gasteiger partial charge on any atom is -0.504 e. The van der Waals surface area contributed by atoms with E-state index in [1.165, 1.54) is 25.3 Å². The van der Waals surface area contributed by atoms with Crippen molar-refractivity contribution in [3.63, 3.8) is 0 Å². The number of thiazole rings is 1. The Kier molecular flexibility index (Phi) is 8.68. The van der Waals surface area contributed by atoms with Gasteiger partial charge in [-0.25, -0.2) is 9.78 Å². The number of anilines is 1. The van der Waals surface area contributed by atoms with E-state index in [0.29, 0.717) is 41.5 Å². The number of hydrogen-bond acceptors (Lipinski definition) is 16. The molecule has 5 atom stereocenters. The summed E-state index contributed by atoms with van der Waals surface area (Å²) >= 11 is 1.13. The molecule has 0 bridgehead atoms. The number of methoxy groups -OCH3 is 1. The van der Waals surface area contributed by atoms with Crippen LogP contribution in [0.25, 0.3) is 10.2 Å². The lowest BCUT2D eigenvalue weighted by Crippen LogP contribution is -2.58. The summed E-state index contributed by atoms with van der Waals surface area (Å²) in [5, 5.41) is 66.8. The number of nitro groups is 1. The van der Waals surface area contributed by atoms with E-state index in [4.69, 9.17) is 14.2 Å². The quantitative estimate of drug-likeness (QED) is 0.106. The monoisotopic (exact) mass is 661 g/mol. The van der Waals surface area contributed by atoms with Crippen LogP contribution in [-0.4, -0.2) is 128 Å². The number of piperazine rings is 1. The van der Waals surface area contributed by atoms with Gasteiger partial charge in [0.15, 0.2) is 22.7 Å². The van der Waals surface area contributed by atoms with Gasteiger partial charge in [-0.05, 0) is 6.07 Å². The van der Waals surface area contributed by atoms with Crippen molar-refractivity contribution in [1.29, 1.82) is 0 Å². The van der Waals surface area contributed by atoms with Crippen molar-refractivity contribution in [1.82, 2.24) is 14.8 Å². The highest BCUT2D eigenvalue weighted by Gasteiger charge is 2.53. The number of nitro benzene ring substituents is 1. The molecule has 0 saturated carbocycles. The van der Waals surface area contributed by atoms with E-state index in [-0.39, 0.29) is 47.1 Å². The molecule has 6 N–H and O–H groups in total. The normalized spacial score (nSPS) is 25.0. The molecule has 2 aromatic carbocycles. The fourth-order valence-corrected chi connectivity index (χ4v) is 6.95. The fourth-order valence-electron chi connectivity index (χ4n) is 6.04. The molecule has 0 spiro atoms. The number of phenolic OH excluding ortho intramolecular Hbond substituents is 2. The molecule has 17 nitrogen and oxygen atoms in total. The molecule has 3 aromatic rings. The van der Waals surface area contributed by atoms with Gasteiger partial charge in [0, 0.05) is 56.0 Å². The summed E-state index contributed by atoms with van der Waals surface area (Å²) < 4.78 is 17.0. The number of non-ortho nitro benzene ring substituents is 1. The van der Waals surface area contributed by atoms with Crippen LogP contribution < -0.4 is 10.1 Å². The summed E-state index contributed by atoms with van der Waals surface area (Å²) in [6, 6.07) is 4.28. The first kappa shape index (κ1) is 31.8. The van der Waals surface area contributed by atoms with Crippen LogP contribution in [0.4, 0.5) is 10.8 Å². The number of esters is 1. The molecule has 0 radical (unpaired) electrons. The van der Waals surface area contributed by atoms with Crippen molar-refractivity contribution in [2.75, 3.05) is 51.8 Å². The van der Waals surface area contributed by atoms with Crippen molar-refractivity contribution in [3.05, 3.63) is 45.0 Å². The summed E-state index contributed by atoms with van der Waals surface area (Å²) in [6.45, 7) is 1.22. The number of carbonyl (C=O) groups is 2. The zero-order chi connectivity index (χ0) is 32.9. The maximum absolute atomic E-state index is 13.2. The SMILES string of the molecule is COc1c(O)c(CN2CCN(CC(=O)Nc3nc4ccc([N+](=O)[O-])cc4s3)CC2)c2c(c1O)C1O[C@H](CO)[C@@H](O)[C@H](O)C1OC2=O. The van der Waals surface area contributed by atoms with E-state index in [9.17, 15) is 45.2 Å². The van der Waals surface area contributed by atoms with Gasteiger partial charge in [-0.15, -0.1) is 0 Å². The maximum atomic E-state index is 13.2. The zero-order valence-corrected chi connectivity index (χ0v) is 25.2. The Morgan fingerprint density at radius 1 is 1.17 bits per heavy atom. The highest BCUT2D eigenvalue weighted by molar-refractivity contribution is 7.22. The van der Waals surface area contributed by atoms with Gasteiger partial charge < -0.3 is 45.1 Å². The van der Waals surface area contributed by atoms with Gasteiger partial charge in [0.1, 0.15) is 24.4 Å². The molecule has 3 aliphatic heterocycles. The average Bonchev–Trinajstić information content (AvgIpc) is 3.43. The van der Waals surface area contributed by atoms with Gasteiger partial charge in [-0.2, -0.15) is 0 Å². The van der Waals surface area contributed by atoms with Gasteiger partial charge in [0.05, 0.1) is 41.0 Å². The van der Waals surface area contributed by atoms with Crippen LogP contribution in [0.2, 0.25) is 0 Å². The molecular formula is C28H31N5O12S. The van der Waals surface area contributed by atoms with Crippen LogP contribution in [0.15, 0.2) is 18.2 Å². The van der Waals surface area contributed by atoms with Gasteiger partial charge >= 0.3 is 5.97 Å². The van der Waals surface area contributed by atoms with Crippen molar-refractivity contribution in [3.8, 4) is 17.2 Å². The van der Waals surface area contributed by atoms with Gasteiger partial charge in [-0.3, -0.25) is 24.7 Å². The van der Waals surface area contributed by atoms with E-state index >= 15 is 0 Å². The first-order valence-electron chi connectivity index (χ1n) is 14.3. The Morgan fingerprint density at radius 3 is 2.57 bits per heavy atom. The Balaban J connectivity index is 1.15. The number of fused-ring (bicyclic) bond motifs is 4. The second-order valence-corrected chi connectivity index (χ2v) is 12.2. The number of hydrogen-bond donors (Lipinski definition) is 6. The standard InChI is InChI=1S/C28H31N5O12S/c1-43-25-20(36)13(18-19(22(25)38)24-26(45-27(18)40)23(39)21(37)15(11-34)44-24)9-31-4-6-32(7-5-31)10-17(35)30-28-29-14-3-2-12(33(41)42)8-16(14)46-28/h2-3,8,15,21,23-24,26,34,36-39H,4-7,9-11H2,1H3,(H,29,30,35)/t15-,21-,23+,24?,26?/m1/s1. The highest BCUT2D eigenvalue weighted by atomic mass is 32.1. The molecule has 1 aromatic heterocycles. The van der Waals surface area contributed by atoms with E-state index < -0.39 is 59.5 Å². The van der Waals surface area contributed by atoms with E-state index in [0.717, 1.165) is 11.3 Å². The Hall–Kier alpha value is -4.17. The summed E-state index contributed by atoms with van der Waals surface area (Å²) in [4.78, 5) is 44.7. The van der Waals surface area contributed by atoms with Crippen molar-refractivity contribution in [2.45, 2.75) is 37.1 Å². The molecule has 46 heavy (non-hydrogen) atoms. The number of nitrogens with zero attached hydrogens (tertiary/aromatic N) is 4. The number of benzene rings is 2. The first-order chi connectivity index (χ1) is 22.0. The molecule has 2 saturated heterocycles. The number of ether oxygens (including phenoxy) is 3. The van der Waals surface area contributed by atoms with Crippen LogP contribution >= 0.6 is 11.3 Å². The van der Waals surface area contributed by atoms with Crippen LogP contribution in [0.5, 0.6) is 17.2 Å². The Morgan fingerprint density at radius 2 is 1.89 bits per heavy atom. The van der Waals surface area contributed by atoms with Gasteiger partial charge in [-0.1, -0.05) is 11.3 Å². The number of phenols is 2. The summed E-state index contributed by atoms with van der Waals surface area (Å²) in [6.07, 6.45) is -7.05. The van der Waals surface area contributed by atoms with Crippen LogP contribution in [0.1, 0.15) is 27.6 Å². The summed E-state index contributed by atoms with van der Waals surface area (Å²) in [5.74, 6) is -2.64. The molecule has 2 unspecified atom stereocenters. The van der Waals surface area contributed by atoms with Crippen molar-refractivity contribution >= 4 is 44.2 Å². The number of aromatic hydroxyl groups is 2. The third-order valence-corrected chi connectivity index (χ3v) is 9.32. The number of aliphatic hydroxyl groups is 3. The predicted octanol–water partition coefficient (Wildman–Crippen LogP) is 0.0736. The summed E-state index contributed by atoms with van der Waals surface area (Å²) in [5.41, 5.74) is 0.312. The topological polar surface area (TPSA) is 238 Å². The third-order valence-electron chi connectivity index (χ3n) is 8.39. The Labute approximate surface area is 264 Å². The average molecular weight is 662 g/mol. The first-order valence-corrected chi connectivity index (χ1v) is 15.1. The van der Waals surface area contributed by atoms with E-state index in [1.807, 2.05) is 9.80 Å². The molecule has 0 aliphatic carbocycles. The number of amides is 1. The molecule has 1 amide bonds. The number of rotatable bonds is 8. The van der Waals surface area contributed by atoms with Crippen LogP contribution in [0, 0.1) is 10.1 Å². The lowest BCUT2D eigenvalue weighted by Gasteiger charge is -2.45. The van der Waals surface area contributed by atoms with Crippen LogP contribution in [-0.2, 0) is 20.8 Å².